The van der Waals surface area contributed by atoms with E-state index in [1.54, 1.807) is 18.2 Å². The second-order valence-corrected chi connectivity index (χ2v) is 8.34. The van der Waals surface area contributed by atoms with Crippen LogP contribution in [-0.4, -0.2) is 45.9 Å². The Balaban J connectivity index is 2.00. The van der Waals surface area contributed by atoms with Gasteiger partial charge in [-0.2, -0.15) is 0 Å². The van der Waals surface area contributed by atoms with E-state index in [0.717, 1.165) is 12.0 Å². The van der Waals surface area contributed by atoms with Gasteiger partial charge in [0.05, 0.1) is 18.0 Å². The van der Waals surface area contributed by atoms with Gasteiger partial charge in [-0.15, -0.1) is 0 Å². The van der Waals surface area contributed by atoms with Gasteiger partial charge in [-0.25, -0.2) is 8.42 Å². The van der Waals surface area contributed by atoms with E-state index in [1.165, 1.54) is 10.6 Å². The number of carbonyl (C=O) groups excluding carboxylic acids is 1. The summed E-state index contributed by atoms with van der Waals surface area (Å²) < 4.78 is 30.7. The van der Waals surface area contributed by atoms with Crippen molar-refractivity contribution in [3.05, 3.63) is 29.3 Å². The summed E-state index contributed by atoms with van der Waals surface area (Å²) in [6, 6.07) is 5.06. The van der Waals surface area contributed by atoms with E-state index in [9.17, 15) is 13.2 Å². The first-order chi connectivity index (χ1) is 11.2. The summed E-state index contributed by atoms with van der Waals surface area (Å²) in [4.78, 5) is 12.2. The average molecular weight is 354 g/mol. The summed E-state index contributed by atoms with van der Waals surface area (Å²) in [5.41, 5.74) is 2.12. The van der Waals surface area contributed by atoms with Crippen LogP contribution in [0.2, 0.25) is 0 Å². The van der Waals surface area contributed by atoms with Crippen LogP contribution >= 0.6 is 0 Å². The topological polar surface area (TPSA) is 75.7 Å². The van der Waals surface area contributed by atoms with E-state index in [2.05, 4.69) is 5.32 Å². The Morgan fingerprint density at radius 2 is 2.12 bits per heavy atom. The molecule has 0 spiro atoms. The van der Waals surface area contributed by atoms with Gasteiger partial charge >= 0.3 is 0 Å². The highest BCUT2D eigenvalue weighted by Gasteiger charge is 2.32. The molecule has 0 saturated heterocycles. The largest absolute Gasteiger partial charge is 0.379 e. The molecule has 1 amide bonds. The van der Waals surface area contributed by atoms with Crippen LogP contribution in [0.3, 0.4) is 0 Å². The van der Waals surface area contributed by atoms with Crippen LogP contribution in [0.4, 0.5) is 5.69 Å². The molecule has 6 nitrogen and oxygen atoms in total. The van der Waals surface area contributed by atoms with Crippen molar-refractivity contribution in [2.24, 2.45) is 0 Å². The number of nitrogens with one attached hydrogen (secondary N) is 1. The summed E-state index contributed by atoms with van der Waals surface area (Å²) in [5, 5.41) is 2.87. The normalized spacial score (nSPS) is 17.2. The van der Waals surface area contributed by atoms with Gasteiger partial charge in [-0.1, -0.05) is 0 Å². The van der Waals surface area contributed by atoms with Crippen molar-refractivity contribution >= 4 is 21.6 Å². The van der Waals surface area contributed by atoms with E-state index in [0.29, 0.717) is 30.8 Å². The maximum atomic E-state index is 12.2. The van der Waals surface area contributed by atoms with Gasteiger partial charge in [-0.05, 0) is 57.4 Å². The highest BCUT2D eigenvalue weighted by Crippen LogP contribution is 2.34. The molecule has 0 saturated carbocycles. The highest BCUT2D eigenvalue weighted by atomic mass is 32.2. The molecule has 1 aliphatic heterocycles. The Kier molecular flexibility index (Phi) is 5.87. The van der Waals surface area contributed by atoms with Crippen LogP contribution in [0.15, 0.2) is 18.2 Å². The van der Waals surface area contributed by atoms with Gasteiger partial charge in [0.15, 0.2) is 0 Å². The number of sulfonamides is 1. The minimum atomic E-state index is -3.31. The molecule has 1 aromatic carbocycles. The van der Waals surface area contributed by atoms with Crippen LogP contribution in [0.5, 0.6) is 0 Å². The molecule has 0 bridgehead atoms. The zero-order chi connectivity index (χ0) is 17.9. The Morgan fingerprint density at radius 1 is 1.42 bits per heavy atom. The molecule has 7 heteroatoms. The van der Waals surface area contributed by atoms with Crippen molar-refractivity contribution in [2.45, 2.75) is 45.8 Å². The zero-order valence-electron chi connectivity index (χ0n) is 14.7. The minimum Gasteiger partial charge on any atom is -0.379 e. The molecule has 2 rings (SSSR count). The van der Waals surface area contributed by atoms with Gasteiger partial charge in [0.1, 0.15) is 0 Å². The molecular weight excluding hydrogens is 328 g/mol. The number of anilines is 1. The Labute approximate surface area is 144 Å². The lowest BCUT2D eigenvalue weighted by Gasteiger charge is -2.21. The molecule has 1 aliphatic rings. The molecule has 0 radical (unpaired) electrons. The summed E-state index contributed by atoms with van der Waals surface area (Å²) in [6.45, 7) is 6.99. The van der Waals surface area contributed by atoms with Gasteiger partial charge in [0.2, 0.25) is 10.0 Å². The third kappa shape index (κ3) is 4.48. The summed E-state index contributed by atoms with van der Waals surface area (Å²) in [6.07, 6.45) is 2.77. The molecule has 0 aliphatic carbocycles. The zero-order valence-corrected chi connectivity index (χ0v) is 15.5. The van der Waals surface area contributed by atoms with E-state index in [1.807, 2.05) is 20.8 Å². The van der Waals surface area contributed by atoms with Crippen molar-refractivity contribution in [1.82, 2.24) is 5.32 Å². The second-order valence-electron chi connectivity index (χ2n) is 6.48. The number of carbonyl (C=O) groups is 1. The van der Waals surface area contributed by atoms with Crippen molar-refractivity contribution < 1.29 is 17.9 Å². The van der Waals surface area contributed by atoms with Crippen LogP contribution in [0, 0.1) is 0 Å². The fraction of sp³-hybridized carbons (Fsp3) is 0.588. The lowest BCUT2D eigenvalue weighted by Crippen LogP contribution is -2.34. The number of fused-ring (bicyclic) bond motifs is 1. The molecule has 0 fully saturated rings. The average Bonchev–Trinajstić information content (AvgIpc) is 2.80. The summed E-state index contributed by atoms with van der Waals surface area (Å²) in [7, 11) is -3.31. The van der Waals surface area contributed by atoms with E-state index in [4.69, 9.17) is 4.74 Å². The first-order valence-corrected chi connectivity index (χ1v) is 10.1. The lowest BCUT2D eigenvalue weighted by atomic mass is 10.1. The van der Waals surface area contributed by atoms with Crippen LogP contribution in [-0.2, 0) is 21.2 Å². The predicted octanol–water partition coefficient (Wildman–Crippen LogP) is 1.94. The standard InChI is InChI=1S/C17H26N2O4S/c1-12(2)23-9-5-8-18-17(20)14-6-7-16-15(11-14)10-13(3)19(16)24(4,21)22/h6-7,11-13H,5,8-10H2,1-4H3,(H,18,20). The fourth-order valence-corrected chi connectivity index (χ4v) is 4.21. The maximum absolute atomic E-state index is 12.2. The van der Waals surface area contributed by atoms with E-state index in [-0.39, 0.29) is 18.1 Å². The van der Waals surface area contributed by atoms with Crippen molar-refractivity contribution in [2.75, 3.05) is 23.7 Å². The quantitative estimate of drug-likeness (QED) is 0.759. The Bertz CT molecular complexity index is 701. The maximum Gasteiger partial charge on any atom is 0.251 e. The van der Waals surface area contributed by atoms with Gasteiger partial charge < -0.3 is 10.1 Å². The molecule has 24 heavy (non-hydrogen) atoms. The van der Waals surface area contributed by atoms with Crippen LogP contribution < -0.4 is 9.62 Å². The van der Waals surface area contributed by atoms with Crippen LogP contribution in [0.25, 0.3) is 0 Å². The third-order valence-electron chi connectivity index (χ3n) is 3.91. The summed E-state index contributed by atoms with van der Waals surface area (Å²) >= 11 is 0. The third-order valence-corrected chi connectivity index (χ3v) is 5.18. The monoisotopic (exact) mass is 354 g/mol. The lowest BCUT2D eigenvalue weighted by molar-refractivity contribution is 0.0757. The van der Waals surface area contributed by atoms with E-state index >= 15 is 0 Å². The number of hydrogen-bond donors (Lipinski definition) is 1. The van der Waals surface area contributed by atoms with E-state index < -0.39 is 10.0 Å². The number of amides is 1. The van der Waals surface area contributed by atoms with Crippen molar-refractivity contribution in [3.8, 4) is 0 Å². The Hall–Kier alpha value is -1.60. The highest BCUT2D eigenvalue weighted by molar-refractivity contribution is 7.92. The SMILES string of the molecule is CC(C)OCCCNC(=O)c1ccc2c(c1)CC(C)N2S(C)(=O)=O. The number of nitrogens with zero attached hydrogens (tertiary/aromatic N) is 1. The first-order valence-electron chi connectivity index (χ1n) is 8.22. The second kappa shape index (κ2) is 7.53. The number of benzene rings is 1. The molecular formula is C17H26N2O4S. The van der Waals surface area contributed by atoms with Crippen molar-refractivity contribution in [3.63, 3.8) is 0 Å². The smallest absolute Gasteiger partial charge is 0.251 e. The minimum absolute atomic E-state index is 0.124. The molecule has 1 atom stereocenters. The molecule has 0 aromatic heterocycles. The molecule has 134 valence electrons. The molecule has 1 N–H and O–H groups in total. The van der Waals surface area contributed by atoms with Crippen LogP contribution in [0.1, 0.15) is 43.1 Å². The molecule has 1 aromatic rings. The predicted molar refractivity (Wildman–Crippen MR) is 95.0 cm³/mol. The number of hydrogen-bond acceptors (Lipinski definition) is 4. The van der Waals surface area contributed by atoms with Gasteiger partial charge in [0.25, 0.3) is 5.91 Å². The van der Waals surface area contributed by atoms with Gasteiger partial charge in [-0.3, -0.25) is 9.10 Å². The fourth-order valence-electron chi connectivity index (χ4n) is 2.94. The number of ether oxygens (including phenoxy) is 1. The first kappa shape index (κ1) is 18.7. The number of rotatable bonds is 7. The van der Waals surface area contributed by atoms with Crippen molar-refractivity contribution in [1.29, 1.82) is 0 Å². The summed E-state index contributed by atoms with van der Waals surface area (Å²) in [5.74, 6) is -0.146. The Morgan fingerprint density at radius 3 is 2.75 bits per heavy atom. The van der Waals surface area contributed by atoms with Gasteiger partial charge in [0, 0.05) is 24.8 Å². The molecule has 1 heterocycles. The molecule has 1 unspecified atom stereocenters.